The summed E-state index contributed by atoms with van der Waals surface area (Å²) in [6, 6.07) is 5.16. The normalized spacial score (nSPS) is 26.2. The summed E-state index contributed by atoms with van der Waals surface area (Å²) < 4.78 is 13.4. The summed E-state index contributed by atoms with van der Waals surface area (Å²) in [5, 5.41) is 10.4. The molecule has 6 nitrogen and oxygen atoms in total. The second kappa shape index (κ2) is 7.23. The molecule has 1 aliphatic heterocycles. The molecule has 2 amide bonds. The minimum absolute atomic E-state index is 0.105. The predicted molar refractivity (Wildman–Crippen MR) is 95.9 cm³/mol. The summed E-state index contributed by atoms with van der Waals surface area (Å²) in [7, 11) is 1.40. The lowest BCUT2D eigenvalue weighted by Gasteiger charge is -2.47. The monoisotopic (exact) mass is 374 g/mol. The molecule has 2 aliphatic rings. The molecule has 1 N–H and O–H groups in total. The van der Waals surface area contributed by atoms with Crippen LogP contribution in [0.25, 0.3) is 0 Å². The number of allylic oxidation sites excluding steroid dienone is 1. The van der Waals surface area contributed by atoms with Gasteiger partial charge in [0.1, 0.15) is 11.2 Å². The van der Waals surface area contributed by atoms with Crippen LogP contribution in [0.4, 0.5) is 4.39 Å². The van der Waals surface area contributed by atoms with Gasteiger partial charge in [-0.15, -0.1) is 0 Å². The molecule has 1 aliphatic carbocycles. The van der Waals surface area contributed by atoms with E-state index in [0.29, 0.717) is 6.42 Å². The topological polar surface area (TPSA) is 77.9 Å². The summed E-state index contributed by atoms with van der Waals surface area (Å²) >= 11 is 0. The fraction of sp³-hybridized carbons (Fsp3) is 0.450. The zero-order valence-corrected chi connectivity index (χ0v) is 15.4. The Morgan fingerprint density at radius 1 is 1.30 bits per heavy atom. The fourth-order valence-corrected chi connectivity index (χ4v) is 3.78. The van der Waals surface area contributed by atoms with E-state index in [4.69, 9.17) is 0 Å². The van der Waals surface area contributed by atoms with Crippen LogP contribution < -0.4 is 0 Å². The van der Waals surface area contributed by atoms with Crippen molar-refractivity contribution in [3.8, 4) is 0 Å². The SMILES string of the molecule is CN1C(=O)C(C)(C2=CCCCC2)C(=O)N(CC(=O)c2cccc(F)c2)C1O. The van der Waals surface area contributed by atoms with E-state index in [9.17, 15) is 23.9 Å². The van der Waals surface area contributed by atoms with Gasteiger partial charge in [-0.25, -0.2) is 4.39 Å². The van der Waals surface area contributed by atoms with E-state index >= 15 is 0 Å². The first-order valence-corrected chi connectivity index (χ1v) is 9.01. The van der Waals surface area contributed by atoms with E-state index in [1.54, 1.807) is 6.92 Å². The summed E-state index contributed by atoms with van der Waals surface area (Å²) in [5.74, 6) is -2.15. The van der Waals surface area contributed by atoms with E-state index in [1.807, 2.05) is 6.08 Å². The number of aliphatic hydroxyl groups is 1. The van der Waals surface area contributed by atoms with E-state index in [1.165, 1.54) is 25.2 Å². The molecule has 0 spiro atoms. The molecule has 2 atom stereocenters. The lowest BCUT2D eigenvalue weighted by Crippen LogP contribution is -2.67. The highest BCUT2D eigenvalue weighted by molar-refractivity contribution is 6.11. The number of carbonyl (C=O) groups is 3. The zero-order chi connectivity index (χ0) is 19.8. The van der Waals surface area contributed by atoms with Gasteiger partial charge in [-0.2, -0.15) is 0 Å². The second-order valence-electron chi connectivity index (χ2n) is 7.23. The molecule has 3 rings (SSSR count). The Bertz CT molecular complexity index is 822. The smallest absolute Gasteiger partial charge is 0.246 e. The number of ketones is 1. The van der Waals surface area contributed by atoms with Crippen molar-refractivity contribution in [1.82, 2.24) is 9.80 Å². The molecule has 2 unspecified atom stereocenters. The standard InChI is InChI=1S/C20H23FN2O4/c1-20(14-8-4-3-5-9-14)17(25)22(2)19(27)23(18(20)26)12-16(24)13-7-6-10-15(21)11-13/h6-8,10-11,19,27H,3-5,9,12H2,1-2H3. The molecular weight excluding hydrogens is 351 g/mol. The summed E-state index contributed by atoms with van der Waals surface area (Å²) in [4.78, 5) is 40.7. The molecule has 1 heterocycles. The van der Waals surface area contributed by atoms with E-state index in [0.717, 1.165) is 40.7 Å². The fourth-order valence-electron chi connectivity index (χ4n) is 3.78. The molecular formula is C20H23FN2O4. The van der Waals surface area contributed by atoms with Gasteiger partial charge in [0.25, 0.3) is 0 Å². The van der Waals surface area contributed by atoms with Crippen LogP contribution in [0, 0.1) is 11.2 Å². The Kier molecular flexibility index (Phi) is 5.15. The Morgan fingerprint density at radius 2 is 2.04 bits per heavy atom. The maximum Gasteiger partial charge on any atom is 0.246 e. The number of halogens is 1. The molecule has 0 aromatic heterocycles. The molecule has 0 saturated carbocycles. The highest BCUT2D eigenvalue weighted by atomic mass is 19.1. The number of amides is 2. The van der Waals surface area contributed by atoms with Crippen molar-refractivity contribution in [3.05, 3.63) is 47.3 Å². The van der Waals surface area contributed by atoms with Crippen molar-refractivity contribution in [2.45, 2.75) is 39.0 Å². The lowest BCUT2D eigenvalue weighted by molar-refractivity contribution is -0.190. The van der Waals surface area contributed by atoms with Crippen molar-refractivity contribution in [2.75, 3.05) is 13.6 Å². The first kappa shape index (κ1) is 19.2. The van der Waals surface area contributed by atoms with Crippen LogP contribution in [0.1, 0.15) is 43.0 Å². The first-order chi connectivity index (χ1) is 12.8. The van der Waals surface area contributed by atoms with Gasteiger partial charge >= 0.3 is 0 Å². The van der Waals surface area contributed by atoms with Crippen LogP contribution in [0.2, 0.25) is 0 Å². The number of hydrogen-bond acceptors (Lipinski definition) is 4. The molecule has 0 radical (unpaired) electrons. The van der Waals surface area contributed by atoms with Crippen LogP contribution in [0.3, 0.4) is 0 Å². The quantitative estimate of drug-likeness (QED) is 0.497. The van der Waals surface area contributed by atoms with Gasteiger partial charge in [0.2, 0.25) is 18.2 Å². The minimum Gasteiger partial charge on any atom is -0.356 e. The molecule has 144 valence electrons. The maximum atomic E-state index is 13.4. The minimum atomic E-state index is -1.54. The average molecular weight is 374 g/mol. The van der Waals surface area contributed by atoms with Crippen LogP contribution in [0.5, 0.6) is 0 Å². The number of nitrogens with zero attached hydrogens (tertiary/aromatic N) is 2. The molecule has 1 aromatic carbocycles. The van der Waals surface area contributed by atoms with Gasteiger partial charge in [0.15, 0.2) is 5.78 Å². The highest BCUT2D eigenvalue weighted by Crippen LogP contribution is 2.40. The van der Waals surface area contributed by atoms with E-state index in [-0.39, 0.29) is 5.56 Å². The van der Waals surface area contributed by atoms with Crippen molar-refractivity contribution in [3.63, 3.8) is 0 Å². The maximum absolute atomic E-state index is 13.4. The summed E-state index contributed by atoms with van der Waals surface area (Å²) in [5.41, 5.74) is -0.602. The Labute approximate surface area is 157 Å². The second-order valence-corrected chi connectivity index (χ2v) is 7.23. The number of hydrogen-bond donors (Lipinski definition) is 1. The summed E-state index contributed by atoms with van der Waals surface area (Å²) in [6.07, 6.45) is 3.68. The number of benzene rings is 1. The lowest BCUT2D eigenvalue weighted by atomic mass is 9.73. The Morgan fingerprint density at radius 3 is 2.67 bits per heavy atom. The highest BCUT2D eigenvalue weighted by Gasteiger charge is 2.55. The van der Waals surface area contributed by atoms with Crippen LogP contribution in [-0.2, 0) is 9.59 Å². The molecule has 27 heavy (non-hydrogen) atoms. The summed E-state index contributed by atoms with van der Waals surface area (Å²) in [6.45, 7) is 1.11. The van der Waals surface area contributed by atoms with E-state index in [2.05, 4.69) is 0 Å². The van der Waals surface area contributed by atoms with Gasteiger partial charge < -0.3 is 10.0 Å². The molecule has 1 fully saturated rings. The van der Waals surface area contributed by atoms with Crippen LogP contribution in [0.15, 0.2) is 35.9 Å². The Balaban J connectivity index is 1.92. The number of aliphatic hydroxyl groups excluding tert-OH is 1. The molecule has 0 bridgehead atoms. The number of rotatable bonds is 4. The van der Waals surface area contributed by atoms with Crippen molar-refractivity contribution in [2.24, 2.45) is 5.41 Å². The molecule has 7 heteroatoms. The van der Waals surface area contributed by atoms with Crippen molar-refractivity contribution < 1.29 is 23.9 Å². The van der Waals surface area contributed by atoms with Gasteiger partial charge in [-0.1, -0.05) is 18.2 Å². The van der Waals surface area contributed by atoms with Gasteiger partial charge in [-0.05, 0) is 50.3 Å². The number of carbonyl (C=O) groups excluding carboxylic acids is 3. The molecule has 1 aromatic rings. The number of Topliss-reactive ketones (excluding diaryl/α,β-unsaturated/α-hetero) is 1. The van der Waals surface area contributed by atoms with E-state index < -0.39 is 41.7 Å². The van der Waals surface area contributed by atoms with Gasteiger partial charge in [-0.3, -0.25) is 19.3 Å². The average Bonchev–Trinajstić information content (AvgIpc) is 2.68. The van der Waals surface area contributed by atoms with Crippen molar-refractivity contribution >= 4 is 17.6 Å². The third-order valence-electron chi connectivity index (χ3n) is 5.46. The first-order valence-electron chi connectivity index (χ1n) is 9.01. The van der Waals surface area contributed by atoms with Crippen LogP contribution >= 0.6 is 0 Å². The van der Waals surface area contributed by atoms with Gasteiger partial charge in [0, 0.05) is 12.6 Å². The predicted octanol–water partition coefficient (Wildman–Crippen LogP) is 2.09. The van der Waals surface area contributed by atoms with Gasteiger partial charge in [0.05, 0.1) is 6.54 Å². The zero-order valence-electron chi connectivity index (χ0n) is 15.4. The third-order valence-corrected chi connectivity index (χ3v) is 5.46. The van der Waals surface area contributed by atoms with Crippen molar-refractivity contribution in [1.29, 1.82) is 0 Å². The third kappa shape index (κ3) is 3.27. The molecule has 1 saturated heterocycles. The van der Waals surface area contributed by atoms with Crippen LogP contribution in [-0.4, -0.2) is 52.4 Å². The Hall–Kier alpha value is -2.54. The largest absolute Gasteiger partial charge is 0.356 e.